The van der Waals surface area contributed by atoms with Gasteiger partial charge >= 0.3 is 6.03 Å². The van der Waals surface area contributed by atoms with Crippen LogP contribution in [0.1, 0.15) is 51.0 Å². The van der Waals surface area contributed by atoms with Crippen LogP contribution in [-0.2, 0) is 6.54 Å². The molecule has 0 aliphatic heterocycles. The van der Waals surface area contributed by atoms with Crippen molar-refractivity contribution in [3.63, 3.8) is 0 Å². The van der Waals surface area contributed by atoms with Crippen molar-refractivity contribution >= 4 is 28.3 Å². The van der Waals surface area contributed by atoms with Crippen LogP contribution in [0.2, 0.25) is 0 Å². The molecule has 2 heterocycles. The molecule has 2 amide bonds. The van der Waals surface area contributed by atoms with Gasteiger partial charge in [0.05, 0.1) is 23.4 Å². The number of nitrogens with zero attached hydrogens (tertiary/aromatic N) is 4. The molecule has 9 nitrogen and oxygen atoms in total. The van der Waals surface area contributed by atoms with Crippen LogP contribution in [0.4, 0.5) is 16.2 Å². The summed E-state index contributed by atoms with van der Waals surface area (Å²) < 4.78 is 10.1. The van der Waals surface area contributed by atoms with E-state index < -0.39 is 0 Å². The van der Waals surface area contributed by atoms with Crippen LogP contribution < -0.4 is 21.1 Å². The largest absolute Gasteiger partial charge is 0.492 e. The predicted molar refractivity (Wildman–Crippen MR) is 145 cm³/mol. The Labute approximate surface area is 216 Å². The van der Waals surface area contributed by atoms with E-state index in [4.69, 9.17) is 10.5 Å². The van der Waals surface area contributed by atoms with Crippen LogP contribution >= 0.6 is 0 Å². The molecule has 0 unspecified atom stereocenters. The third-order valence-electron chi connectivity index (χ3n) is 7.34. The van der Waals surface area contributed by atoms with Crippen molar-refractivity contribution < 1.29 is 9.53 Å². The number of urea groups is 1. The first-order valence-corrected chi connectivity index (χ1v) is 13.2. The van der Waals surface area contributed by atoms with E-state index in [-0.39, 0.29) is 12.1 Å². The summed E-state index contributed by atoms with van der Waals surface area (Å²) in [6.07, 6.45) is 11.2. The van der Waals surface area contributed by atoms with E-state index in [2.05, 4.69) is 31.3 Å². The number of hydrogen-bond donors (Lipinski definition) is 3. The summed E-state index contributed by atoms with van der Waals surface area (Å²) >= 11 is 0. The number of carbonyl (C=O) groups is 1. The summed E-state index contributed by atoms with van der Waals surface area (Å²) in [7, 11) is 0. The predicted octanol–water partition coefficient (Wildman–Crippen LogP) is 5.35. The van der Waals surface area contributed by atoms with Crippen molar-refractivity contribution in [1.29, 1.82) is 0 Å². The Morgan fingerprint density at radius 2 is 1.86 bits per heavy atom. The zero-order valence-electron chi connectivity index (χ0n) is 20.9. The standard InChI is InChI=1S/C28H33N7O2/c29-26-24-13-12-23(37-15-14-34-18-30-17-31-34)16-25(24)35(22-10-11-22)27(26)19-6-8-21(9-7-19)33-28(36)32-20-4-2-1-3-5-20/h6-9,12-13,16-18,20,22H,1-5,10-11,14-15,29H2,(H2,32,33,36). The molecule has 2 aliphatic rings. The van der Waals surface area contributed by atoms with Crippen LogP contribution in [0.25, 0.3) is 22.2 Å². The van der Waals surface area contributed by atoms with E-state index in [1.165, 1.54) is 25.6 Å². The van der Waals surface area contributed by atoms with Gasteiger partial charge in [-0.05, 0) is 49.9 Å². The first kappa shape index (κ1) is 23.4. The van der Waals surface area contributed by atoms with E-state index in [0.717, 1.165) is 65.0 Å². The molecular formula is C28H33N7O2. The highest BCUT2D eigenvalue weighted by atomic mass is 16.5. The molecule has 0 spiro atoms. The lowest BCUT2D eigenvalue weighted by atomic mass is 9.96. The van der Waals surface area contributed by atoms with Gasteiger partial charge in [0.1, 0.15) is 25.0 Å². The molecule has 2 fully saturated rings. The molecule has 9 heteroatoms. The number of nitrogen functional groups attached to an aromatic ring is 1. The molecule has 2 aromatic carbocycles. The van der Waals surface area contributed by atoms with Crippen molar-refractivity contribution in [2.24, 2.45) is 0 Å². The van der Waals surface area contributed by atoms with Gasteiger partial charge in [0, 0.05) is 34.8 Å². The Balaban J connectivity index is 1.20. The van der Waals surface area contributed by atoms with Crippen molar-refractivity contribution in [3.8, 4) is 17.0 Å². The topological polar surface area (TPSA) is 112 Å². The normalized spacial score (nSPS) is 16.1. The Morgan fingerprint density at radius 3 is 2.59 bits per heavy atom. The van der Waals surface area contributed by atoms with Crippen LogP contribution in [0, 0.1) is 0 Å². The lowest BCUT2D eigenvalue weighted by Gasteiger charge is -2.22. The monoisotopic (exact) mass is 499 g/mol. The summed E-state index contributed by atoms with van der Waals surface area (Å²) in [6, 6.07) is 14.6. The average Bonchev–Trinajstić information content (AvgIpc) is 3.53. The SMILES string of the molecule is Nc1c(-c2ccc(NC(=O)NC3CCCCC3)cc2)n(C2CC2)c2cc(OCCn3cncn3)ccc12. The number of amides is 2. The molecule has 6 rings (SSSR count). The number of nitrogens with two attached hydrogens (primary N) is 1. The molecule has 192 valence electrons. The minimum absolute atomic E-state index is 0.136. The molecule has 2 aliphatic carbocycles. The highest BCUT2D eigenvalue weighted by molar-refractivity contribution is 6.02. The number of fused-ring (bicyclic) bond motifs is 1. The Bertz CT molecular complexity index is 1370. The number of anilines is 2. The minimum atomic E-state index is -0.136. The first-order valence-electron chi connectivity index (χ1n) is 13.2. The minimum Gasteiger partial charge on any atom is -0.492 e. The van der Waals surface area contributed by atoms with Crippen LogP contribution in [-0.4, -0.2) is 38.0 Å². The second-order valence-electron chi connectivity index (χ2n) is 10.1. The fourth-order valence-electron chi connectivity index (χ4n) is 5.33. The first-order chi connectivity index (χ1) is 18.2. The Morgan fingerprint density at radius 1 is 1.05 bits per heavy atom. The van der Waals surface area contributed by atoms with E-state index in [9.17, 15) is 4.79 Å². The van der Waals surface area contributed by atoms with Gasteiger partial charge in [-0.15, -0.1) is 0 Å². The van der Waals surface area contributed by atoms with Gasteiger partial charge < -0.3 is 25.7 Å². The second kappa shape index (κ2) is 10.2. The molecule has 2 aromatic heterocycles. The van der Waals surface area contributed by atoms with Gasteiger partial charge in [-0.3, -0.25) is 0 Å². The number of aromatic nitrogens is 4. The van der Waals surface area contributed by atoms with Crippen molar-refractivity contribution in [2.45, 2.75) is 63.6 Å². The van der Waals surface area contributed by atoms with Crippen LogP contribution in [0.5, 0.6) is 5.75 Å². The van der Waals surface area contributed by atoms with Gasteiger partial charge in [0.15, 0.2) is 0 Å². The summed E-state index contributed by atoms with van der Waals surface area (Å²) in [5.41, 5.74) is 11.4. The molecule has 2 saturated carbocycles. The molecule has 0 saturated heterocycles. The number of carbonyl (C=O) groups excluding carboxylic acids is 1. The lowest BCUT2D eigenvalue weighted by Crippen LogP contribution is -2.38. The van der Waals surface area contributed by atoms with Gasteiger partial charge in [-0.2, -0.15) is 5.10 Å². The highest BCUT2D eigenvalue weighted by Gasteiger charge is 2.30. The fraction of sp³-hybridized carbons (Fsp3) is 0.393. The molecule has 4 N–H and O–H groups in total. The summed E-state index contributed by atoms with van der Waals surface area (Å²) in [5, 5.41) is 11.2. The third-order valence-corrected chi connectivity index (χ3v) is 7.34. The maximum absolute atomic E-state index is 12.5. The van der Waals surface area contributed by atoms with Gasteiger partial charge in [-0.25, -0.2) is 14.5 Å². The van der Waals surface area contributed by atoms with Crippen molar-refractivity contribution in [3.05, 3.63) is 55.1 Å². The van der Waals surface area contributed by atoms with Gasteiger partial charge in [0.2, 0.25) is 0 Å². The number of rotatable bonds is 8. The van der Waals surface area contributed by atoms with Gasteiger partial charge in [-0.1, -0.05) is 31.4 Å². The van der Waals surface area contributed by atoms with E-state index in [1.54, 1.807) is 11.0 Å². The Hall–Kier alpha value is -4.01. The summed E-state index contributed by atoms with van der Waals surface area (Å²) in [4.78, 5) is 16.4. The quantitative estimate of drug-likeness (QED) is 0.303. The van der Waals surface area contributed by atoms with Gasteiger partial charge in [0.25, 0.3) is 0 Å². The molecule has 0 bridgehead atoms. The molecule has 4 aromatic rings. The molecule has 0 atom stereocenters. The summed E-state index contributed by atoms with van der Waals surface area (Å²) in [5.74, 6) is 0.807. The van der Waals surface area contributed by atoms with E-state index in [0.29, 0.717) is 19.2 Å². The van der Waals surface area contributed by atoms with Crippen LogP contribution in [0.15, 0.2) is 55.1 Å². The van der Waals surface area contributed by atoms with E-state index in [1.807, 2.05) is 36.4 Å². The smallest absolute Gasteiger partial charge is 0.319 e. The average molecular weight is 500 g/mol. The zero-order valence-corrected chi connectivity index (χ0v) is 20.9. The number of benzene rings is 2. The molecule has 37 heavy (non-hydrogen) atoms. The maximum atomic E-state index is 12.5. The molecular weight excluding hydrogens is 466 g/mol. The second-order valence-corrected chi connectivity index (χ2v) is 10.1. The third kappa shape index (κ3) is 5.12. The fourth-order valence-corrected chi connectivity index (χ4v) is 5.33. The van der Waals surface area contributed by atoms with Crippen molar-refractivity contribution in [1.82, 2.24) is 24.6 Å². The van der Waals surface area contributed by atoms with Crippen LogP contribution in [0.3, 0.4) is 0 Å². The Kier molecular flexibility index (Phi) is 6.42. The number of hydrogen-bond acceptors (Lipinski definition) is 5. The molecule has 0 radical (unpaired) electrons. The van der Waals surface area contributed by atoms with E-state index >= 15 is 0 Å². The lowest BCUT2D eigenvalue weighted by molar-refractivity contribution is 0.244. The summed E-state index contributed by atoms with van der Waals surface area (Å²) in [6.45, 7) is 1.14. The number of ether oxygens (including phenoxy) is 1. The van der Waals surface area contributed by atoms with Crippen molar-refractivity contribution in [2.75, 3.05) is 17.7 Å². The maximum Gasteiger partial charge on any atom is 0.319 e. The number of nitrogens with one attached hydrogen (secondary N) is 2. The zero-order chi connectivity index (χ0) is 25.2. The highest BCUT2D eigenvalue weighted by Crippen LogP contribution is 2.46.